The van der Waals surface area contributed by atoms with Crippen LogP contribution in [-0.4, -0.2) is 47.4 Å². The monoisotopic (exact) mass is 374 g/mol. The first-order valence-corrected chi connectivity index (χ1v) is 9.09. The first-order chi connectivity index (χ1) is 13.8. The SMILES string of the molecule is [O-]C(/C=C/c1cnccc1-c1cn[nH]c1)=Nc1ccc(N2CCOCC2)cc1. The zero-order valence-corrected chi connectivity index (χ0v) is 15.3. The van der Waals surface area contributed by atoms with Crippen LogP contribution in [0.5, 0.6) is 0 Å². The molecule has 7 nitrogen and oxygen atoms in total. The normalized spacial score (nSPS) is 15.3. The number of pyridine rings is 1. The van der Waals surface area contributed by atoms with Gasteiger partial charge in [-0.1, -0.05) is 12.2 Å². The lowest BCUT2D eigenvalue weighted by molar-refractivity contribution is -0.211. The van der Waals surface area contributed by atoms with Crippen LogP contribution in [0.4, 0.5) is 11.4 Å². The number of aromatic amines is 1. The van der Waals surface area contributed by atoms with Gasteiger partial charge in [-0.2, -0.15) is 5.10 Å². The van der Waals surface area contributed by atoms with Crippen molar-refractivity contribution in [2.24, 2.45) is 4.99 Å². The summed E-state index contributed by atoms with van der Waals surface area (Å²) in [7, 11) is 0. The quantitative estimate of drug-likeness (QED) is 0.547. The van der Waals surface area contributed by atoms with E-state index in [2.05, 4.69) is 25.1 Å². The molecule has 0 unspecified atom stereocenters. The molecular weight excluding hydrogens is 354 g/mol. The van der Waals surface area contributed by atoms with Crippen LogP contribution in [0.1, 0.15) is 5.56 Å². The third kappa shape index (κ3) is 4.27. The first kappa shape index (κ1) is 17.9. The maximum Gasteiger partial charge on any atom is 0.0642 e. The van der Waals surface area contributed by atoms with Gasteiger partial charge in [0.1, 0.15) is 0 Å². The van der Waals surface area contributed by atoms with E-state index in [9.17, 15) is 5.11 Å². The highest BCUT2D eigenvalue weighted by Crippen LogP contribution is 2.23. The number of hydrogen-bond acceptors (Lipinski definition) is 6. The molecule has 0 bridgehead atoms. The summed E-state index contributed by atoms with van der Waals surface area (Å²) >= 11 is 0. The summed E-state index contributed by atoms with van der Waals surface area (Å²) in [4.78, 5) is 10.5. The van der Waals surface area contributed by atoms with Gasteiger partial charge in [-0.05, 0) is 41.8 Å². The van der Waals surface area contributed by atoms with Crippen molar-refractivity contribution in [3.8, 4) is 11.1 Å². The summed E-state index contributed by atoms with van der Waals surface area (Å²) in [6.07, 6.45) is 10.1. The number of benzene rings is 1. The minimum Gasteiger partial charge on any atom is -0.859 e. The van der Waals surface area contributed by atoms with Gasteiger partial charge in [0.05, 0.1) is 25.1 Å². The van der Waals surface area contributed by atoms with Crippen molar-refractivity contribution in [2.75, 3.05) is 31.2 Å². The van der Waals surface area contributed by atoms with Crippen molar-refractivity contribution in [3.05, 3.63) is 66.8 Å². The summed E-state index contributed by atoms with van der Waals surface area (Å²) in [6.45, 7) is 3.24. The summed E-state index contributed by atoms with van der Waals surface area (Å²) in [6, 6.07) is 9.57. The van der Waals surface area contributed by atoms with E-state index in [1.54, 1.807) is 30.9 Å². The third-order valence-corrected chi connectivity index (χ3v) is 4.53. The summed E-state index contributed by atoms with van der Waals surface area (Å²) in [5.74, 6) is -0.318. The largest absolute Gasteiger partial charge is 0.859 e. The number of H-pyrrole nitrogens is 1. The molecular formula is C21H20N5O2-. The molecule has 0 amide bonds. The lowest BCUT2D eigenvalue weighted by atomic mass is 10.1. The summed E-state index contributed by atoms with van der Waals surface area (Å²) in [5, 5.41) is 19.0. The highest BCUT2D eigenvalue weighted by molar-refractivity contribution is 5.91. The zero-order valence-electron chi connectivity index (χ0n) is 15.3. The van der Waals surface area contributed by atoms with E-state index in [0.29, 0.717) is 5.69 Å². The van der Waals surface area contributed by atoms with E-state index in [4.69, 9.17) is 4.74 Å². The van der Waals surface area contributed by atoms with Crippen LogP contribution in [-0.2, 0) is 4.74 Å². The Morgan fingerprint density at radius 1 is 1.14 bits per heavy atom. The number of aliphatic imine (C=N–C) groups is 1. The fourth-order valence-electron chi connectivity index (χ4n) is 3.09. The second kappa shape index (κ2) is 8.49. The van der Waals surface area contributed by atoms with Crippen LogP contribution in [0.25, 0.3) is 17.2 Å². The predicted molar refractivity (Wildman–Crippen MR) is 107 cm³/mol. The standard InChI is InChI=1S/C21H21N5O2/c27-21(6-1-16-13-22-8-7-20(16)17-14-23-24-15-17)25-18-2-4-19(5-3-18)26-9-11-28-12-10-26/h1-8,13-15H,9-12H2,(H,23,24)(H,25,27)/p-1/b6-1+. The summed E-state index contributed by atoms with van der Waals surface area (Å²) < 4.78 is 5.37. The van der Waals surface area contributed by atoms with Crippen molar-refractivity contribution in [1.29, 1.82) is 0 Å². The maximum atomic E-state index is 12.3. The van der Waals surface area contributed by atoms with Gasteiger partial charge in [-0.25, -0.2) is 0 Å². The average Bonchev–Trinajstić information content (AvgIpc) is 3.28. The van der Waals surface area contributed by atoms with Crippen molar-refractivity contribution in [3.63, 3.8) is 0 Å². The zero-order chi connectivity index (χ0) is 19.2. The molecule has 1 fully saturated rings. The molecule has 1 aliphatic rings. The number of rotatable bonds is 5. The van der Waals surface area contributed by atoms with Gasteiger partial charge in [-0.3, -0.25) is 15.1 Å². The molecule has 1 saturated heterocycles. The van der Waals surface area contributed by atoms with Gasteiger partial charge in [-0.15, -0.1) is 0 Å². The second-order valence-corrected chi connectivity index (χ2v) is 6.35. The van der Waals surface area contributed by atoms with Gasteiger partial charge in [0, 0.05) is 48.5 Å². The van der Waals surface area contributed by atoms with E-state index in [1.165, 1.54) is 6.08 Å². The van der Waals surface area contributed by atoms with E-state index in [1.807, 2.05) is 30.3 Å². The Hall–Kier alpha value is -3.45. The van der Waals surface area contributed by atoms with Crippen LogP contribution in [0, 0.1) is 0 Å². The number of morpholine rings is 1. The molecule has 0 aliphatic carbocycles. The van der Waals surface area contributed by atoms with Gasteiger partial charge < -0.3 is 14.7 Å². The Kier molecular flexibility index (Phi) is 5.44. The van der Waals surface area contributed by atoms with E-state index < -0.39 is 0 Å². The summed E-state index contributed by atoms with van der Waals surface area (Å²) in [5.41, 5.74) is 4.46. The Balaban J connectivity index is 1.48. The number of nitrogens with one attached hydrogen (secondary N) is 1. The van der Waals surface area contributed by atoms with Crippen LogP contribution < -0.4 is 10.0 Å². The lowest BCUT2D eigenvalue weighted by Crippen LogP contribution is -2.36. The third-order valence-electron chi connectivity index (χ3n) is 4.53. The molecule has 0 saturated carbocycles. The second-order valence-electron chi connectivity index (χ2n) is 6.35. The van der Waals surface area contributed by atoms with Crippen LogP contribution >= 0.6 is 0 Å². The first-order valence-electron chi connectivity index (χ1n) is 9.09. The Labute approximate surface area is 163 Å². The average molecular weight is 374 g/mol. The van der Waals surface area contributed by atoms with Crippen LogP contribution in [0.3, 0.4) is 0 Å². The fraction of sp³-hybridized carbons (Fsp3) is 0.190. The van der Waals surface area contributed by atoms with Crippen molar-refractivity contribution >= 4 is 23.3 Å². The molecule has 1 aromatic carbocycles. The van der Waals surface area contributed by atoms with Crippen LogP contribution in [0.2, 0.25) is 0 Å². The number of ether oxygens (including phenoxy) is 1. The highest BCUT2D eigenvalue weighted by Gasteiger charge is 2.10. The van der Waals surface area contributed by atoms with Gasteiger partial charge >= 0.3 is 0 Å². The molecule has 2 aromatic heterocycles. The van der Waals surface area contributed by atoms with Gasteiger partial charge in [0.2, 0.25) is 0 Å². The molecule has 142 valence electrons. The van der Waals surface area contributed by atoms with E-state index in [-0.39, 0.29) is 5.90 Å². The molecule has 4 rings (SSSR count). The minimum absolute atomic E-state index is 0.318. The number of anilines is 1. The molecule has 0 atom stereocenters. The number of aromatic nitrogens is 3. The number of hydrogen-bond donors (Lipinski definition) is 1. The Morgan fingerprint density at radius 3 is 2.71 bits per heavy atom. The maximum absolute atomic E-state index is 12.3. The molecule has 0 radical (unpaired) electrons. The van der Waals surface area contributed by atoms with Crippen molar-refractivity contribution < 1.29 is 9.84 Å². The van der Waals surface area contributed by atoms with Gasteiger partial charge in [0.25, 0.3) is 0 Å². The molecule has 1 aliphatic heterocycles. The topological polar surface area (TPSA) is 89.5 Å². The van der Waals surface area contributed by atoms with Crippen molar-refractivity contribution in [1.82, 2.24) is 15.2 Å². The fourth-order valence-corrected chi connectivity index (χ4v) is 3.09. The number of nitrogens with zero attached hydrogens (tertiary/aromatic N) is 4. The smallest absolute Gasteiger partial charge is 0.0642 e. The minimum atomic E-state index is -0.318. The molecule has 3 aromatic rings. The molecule has 3 heterocycles. The molecule has 1 N–H and O–H groups in total. The van der Waals surface area contributed by atoms with E-state index in [0.717, 1.165) is 48.7 Å². The van der Waals surface area contributed by atoms with Crippen LogP contribution in [0.15, 0.2) is 66.2 Å². The highest BCUT2D eigenvalue weighted by atomic mass is 16.5. The molecule has 0 spiro atoms. The predicted octanol–water partition coefficient (Wildman–Crippen LogP) is 2.41. The van der Waals surface area contributed by atoms with E-state index >= 15 is 0 Å². The Morgan fingerprint density at radius 2 is 1.96 bits per heavy atom. The lowest BCUT2D eigenvalue weighted by Gasteiger charge is -2.28. The van der Waals surface area contributed by atoms with Gasteiger partial charge in [0.15, 0.2) is 0 Å². The van der Waals surface area contributed by atoms with Crippen molar-refractivity contribution in [2.45, 2.75) is 0 Å². The molecule has 28 heavy (non-hydrogen) atoms. The Bertz CT molecular complexity index is 959. The molecule has 7 heteroatoms.